The van der Waals surface area contributed by atoms with Crippen LogP contribution in [-0.4, -0.2) is 51.9 Å². The first-order valence-electron chi connectivity index (χ1n) is 6.44. The molecule has 1 aromatic heterocycles. The number of likely N-dealkylation sites (N-methyl/N-ethyl adjacent to an activating group) is 1. The monoisotopic (exact) mass is 293 g/mol. The number of rotatable bonds is 6. The minimum Gasteiger partial charge on any atom is -0.481 e. The molecule has 0 saturated carbocycles. The molecule has 0 aliphatic rings. The quantitative estimate of drug-likeness (QED) is 0.826. The van der Waals surface area contributed by atoms with Crippen molar-refractivity contribution in [3.05, 3.63) is 23.8 Å². The molecule has 2 aromatic rings. The maximum atomic E-state index is 10.8. The third kappa shape index (κ3) is 3.32. The van der Waals surface area contributed by atoms with Gasteiger partial charge in [0, 0.05) is 13.1 Å². The molecule has 0 aliphatic heterocycles. The highest BCUT2D eigenvalue weighted by atomic mass is 32.2. The van der Waals surface area contributed by atoms with Crippen LogP contribution in [0.4, 0.5) is 0 Å². The zero-order chi connectivity index (χ0) is 14.7. The molecule has 108 valence electrons. The van der Waals surface area contributed by atoms with E-state index in [2.05, 4.69) is 14.5 Å². The summed E-state index contributed by atoms with van der Waals surface area (Å²) < 4.78 is 2.11. The van der Waals surface area contributed by atoms with Gasteiger partial charge < -0.3 is 14.6 Å². The molecular formula is C14H19N3O2S. The lowest BCUT2D eigenvalue weighted by atomic mass is 10.2. The van der Waals surface area contributed by atoms with Gasteiger partial charge in [0.25, 0.3) is 0 Å². The van der Waals surface area contributed by atoms with Gasteiger partial charge in [-0.1, -0.05) is 23.9 Å². The van der Waals surface area contributed by atoms with E-state index in [4.69, 9.17) is 5.11 Å². The molecule has 1 aromatic carbocycles. The van der Waals surface area contributed by atoms with E-state index < -0.39 is 5.97 Å². The van der Waals surface area contributed by atoms with E-state index in [-0.39, 0.29) is 5.75 Å². The van der Waals surface area contributed by atoms with Crippen molar-refractivity contribution in [3.63, 3.8) is 0 Å². The van der Waals surface area contributed by atoms with E-state index in [9.17, 15) is 4.79 Å². The minimum atomic E-state index is -0.821. The third-order valence-corrected chi connectivity index (χ3v) is 4.00. The van der Waals surface area contributed by atoms with Crippen LogP contribution in [0.25, 0.3) is 11.0 Å². The molecule has 0 bridgehead atoms. The molecule has 1 heterocycles. The molecule has 6 heteroatoms. The van der Waals surface area contributed by atoms with Crippen molar-refractivity contribution in [1.82, 2.24) is 14.5 Å². The molecule has 0 amide bonds. The van der Waals surface area contributed by atoms with E-state index in [1.165, 1.54) is 11.8 Å². The Bertz CT molecular complexity index is 622. The summed E-state index contributed by atoms with van der Waals surface area (Å²) in [5, 5.41) is 9.62. The fourth-order valence-corrected chi connectivity index (χ4v) is 2.77. The number of carboxylic acids is 1. The molecule has 0 aliphatic carbocycles. The molecule has 0 saturated heterocycles. The average Bonchev–Trinajstić information content (AvgIpc) is 2.73. The van der Waals surface area contributed by atoms with E-state index in [0.717, 1.165) is 34.8 Å². The summed E-state index contributed by atoms with van der Waals surface area (Å²) in [6, 6.07) is 6.07. The van der Waals surface area contributed by atoms with Crippen molar-refractivity contribution in [2.45, 2.75) is 18.6 Å². The summed E-state index contributed by atoms with van der Waals surface area (Å²) in [7, 11) is 4.04. The number of hydrogen-bond donors (Lipinski definition) is 1. The van der Waals surface area contributed by atoms with E-state index in [1.54, 1.807) is 0 Å². The smallest absolute Gasteiger partial charge is 0.313 e. The lowest BCUT2D eigenvalue weighted by molar-refractivity contribution is -0.133. The Balaban J connectivity index is 2.39. The van der Waals surface area contributed by atoms with Crippen LogP contribution >= 0.6 is 11.8 Å². The number of aromatic nitrogens is 2. The van der Waals surface area contributed by atoms with Gasteiger partial charge >= 0.3 is 5.97 Å². The predicted molar refractivity (Wildman–Crippen MR) is 81.4 cm³/mol. The normalized spacial score (nSPS) is 11.4. The Hall–Kier alpha value is -1.53. The molecule has 0 radical (unpaired) electrons. The Labute approximate surface area is 122 Å². The fraction of sp³-hybridized carbons (Fsp3) is 0.429. The van der Waals surface area contributed by atoms with Crippen molar-refractivity contribution >= 4 is 28.8 Å². The Morgan fingerprint density at radius 2 is 2.20 bits per heavy atom. The van der Waals surface area contributed by atoms with Crippen LogP contribution in [0.2, 0.25) is 0 Å². The van der Waals surface area contributed by atoms with Crippen molar-refractivity contribution in [1.29, 1.82) is 0 Å². The van der Waals surface area contributed by atoms with E-state index >= 15 is 0 Å². The third-order valence-electron chi connectivity index (χ3n) is 3.04. The second-order valence-corrected chi connectivity index (χ2v) is 5.92. The Morgan fingerprint density at radius 1 is 1.45 bits per heavy atom. The lowest BCUT2D eigenvalue weighted by Crippen LogP contribution is -2.19. The molecule has 1 N–H and O–H groups in total. The molecule has 20 heavy (non-hydrogen) atoms. The molecule has 0 spiro atoms. The molecular weight excluding hydrogens is 274 g/mol. The zero-order valence-corrected chi connectivity index (χ0v) is 12.8. The number of carbonyl (C=O) groups is 1. The number of carboxylic acid groups (broad SMARTS) is 1. The van der Waals surface area contributed by atoms with Crippen LogP contribution in [0, 0.1) is 6.92 Å². The second-order valence-electron chi connectivity index (χ2n) is 4.97. The Morgan fingerprint density at radius 3 is 2.85 bits per heavy atom. The SMILES string of the molecule is Cc1cccc2c1nc(SCC(=O)O)n2CCN(C)C. The summed E-state index contributed by atoms with van der Waals surface area (Å²) in [6.07, 6.45) is 0. The topological polar surface area (TPSA) is 58.4 Å². The van der Waals surface area contributed by atoms with Crippen molar-refractivity contribution < 1.29 is 9.90 Å². The first-order chi connectivity index (χ1) is 9.49. The highest BCUT2D eigenvalue weighted by molar-refractivity contribution is 7.99. The zero-order valence-electron chi connectivity index (χ0n) is 12.0. The Kier molecular flexibility index (Phi) is 4.67. The predicted octanol–water partition coefficient (Wildman–Crippen LogP) is 2.08. The number of hydrogen-bond acceptors (Lipinski definition) is 4. The number of aryl methyl sites for hydroxylation is 1. The van der Waals surface area contributed by atoms with E-state index in [0.29, 0.717) is 0 Å². The van der Waals surface area contributed by atoms with Crippen molar-refractivity contribution in [2.75, 3.05) is 26.4 Å². The molecule has 0 unspecified atom stereocenters. The number of thioether (sulfide) groups is 1. The van der Waals surface area contributed by atoms with E-state index in [1.807, 2.05) is 39.2 Å². The van der Waals surface area contributed by atoms with Gasteiger partial charge in [-0.25, -0.2) is 4.98 Å². The number of nitrogens with zero attached hydrogens (tertiary/aromatic N) is 3. The van der Waals surface area contributed by atoms with Gasteiger partial charge in [-0.05, 0) is 32.6 Å². The van der Waals surface area contributed by atoms with Crippen LogP contribution in [-0.2, 0) is 11.3 Å². The van der Waals surface area contributed by atoms with Gasteiger partial charge in [-0.2, -0.15) is 0 Å². The summed E-state index contributed by atoms with van der Waals surface area (Å²) in [5.41, 5.74) is 3.14. The average molecular weight is 293 g/mol. The summed E-state index contributed by atoms with van der Waals surface area (Å²) in [5.74, 6) is -0.789. The number of aliphatic carboxylic acids is 1. The highest BCUT2D eigenvalue weighted by Gasteiger charge is 2.13. The number of imidazole rings is 1. The maximum Gasteiger partial charge on any atom is 0.313 e. The summed E-state index contributed by atoms with van der Waals surface area (Å²) in [4.78, 5) is 17.5. The standard InChI is InChI=1S/C14H19N3O2S/c1-10-5-4-6-11-13(10)15-14(20-9-12(18)19)17(11)8-7-16(2)3/h4-6H,7-9H2,1-3H3,(H,18,19). The first-order valence-corrected chi connectivity index (χ1v) is 7.43. The fourth-order valence-electron chi connectivity index (χ4n) is 2.02. The van der Waals surface area contributed by atoms with Crippen molar-refractivity contribution in [3.8, 4) is 0 Å². The van der Waals surface area contributed by atoms with Gasteiger partial charge in [0.05, 0.1) is 16.8 Å². The van der Waals surface area contributed by atoms with Gasteiger partial charge in [-0.15, -0.1) is 0 Å². The molecule has 5 nitrogen and oxygen atoms in total. The molecule has 2 rings (SSSR count). The number of fused-ring (bicyclic) bond motifs is 1. The van der Waals surface area contributed by atoms with Gasteiger partial charge in [0.2, 0.25) is 0 Å². The van der Waals surface area contributed by atoms with Crippen LogP contribution in [0.5, 0.6) is 0 Å². The van der Waals surface area contributed by atoms with Crippen molar-refractivity contribution in [2.24, 2.45) is 0 Å². The highest BCUT2D eigenvalue weighted by Crippen LogP contribution is 2.26. The molecule has 0 fully saturated rings. The van der Waals surface area contributed by atoms with Gasteiger partial charge in [0.1, 0.15) is 0 Å². The largest absolute Gasteiger partial charge is 0.481 e. The second kappa shape index (κ2) is 6.28. The number of para-hydroxylation sites is 1. The number of benzene rings is 1. The van der Waals surface area contributed by atoms with Crippen LogP contribution in [0.1, 0.15) is 5.56 Å². The minimum absolute atomic E-state index is 0.0321. The lowest BCUT2D eigenvalue weighted by Gasteiger charge is -2.12. The van der Waals surface area contributed by atoms with Crippen LogP contribution in [0.3, 0.4) is 0 Å². The van der Waals surface area contributed by atoms with Gasteiger partial charge in [0.15, 0.2) is 5.16 Å². The maximum absolute atomic E-state index is 10.8. The van der Waals surface area contributed by atoms with Gasteiger partial charge in [-0.3, -0.25) is 4.79 Å². The van der Waals surface area contributed by atoms with Crippen LogP contribution in [0.15, 0.2) is 23.4 Å². The summed E-state index contributed by atoms with van der Waals surface area (Å²) in [6.45, 7) is 3.71. The van der Waals surface area contributed by atoms with Crippen LogP contribution < -0.4 is 0 Å². The summed E-state index contributed by atoms with van der Waals surface area (Å²) >= 11 is 1.28. The first kappa shape index (κ1) is 14.9. The molecule has 0 atom stereocenters.